The number of halogens is 1. The topological polar surface area (TPSA) is 54.4 Å². The first kappa shape index (κ1) is 20.6. The Morgan fingerprint density at radius 1 is 1.28 bits per heavy atom. The van der Waals surface area contributed by atoms with Crippen LogP contribution in [0.1, 0.15) is 49.2 Å². The van der Waals surface area contributed by atoms with E-state index in [9.17, 15) is 5.11 Å². The van der Waals surface area contributed by atoms with Crippen LogP contribution in [0, 0.1) is 6.92 Å². The minimum Gasteiger partial charge on any atom is -0.489 e. The maximum absolute atomic E-state index is 10.3. The van der Waals surface area contributed by atoms with E-state index in [0.717, 1.165) is 69.9 Å². The molecular formula is C23H27ClN2O2S. The van der Waals surface area contributed by atoms with Crippen LogP contribution in [0.3, 0.4) is 0 Å². The van der Waals surface area contributed by atoms with Gasteiger partial charge in [-0.05, 0) is 75.5 Å². The third kappa shape index (κ3) is 4.43. The minimum absolute atomic E-state index is 0.196. The molecule has 1 fully saturated rings. The van der Waals surface area contributed by atoms with Gasteiger partial charge in [0, 0.05) is 27.2 Å². The number of benzene rings is 1. The third-order valence-corrected chi connectivity index (χ3v) is 6.96. The quantitative estimate of drug-likeness (QED) is 0.529. The predicted molar refractivity (Wildman–Crippen MR) is 121 cm³/mol. The van der Waals surface area contributed by atoms with E-state index in [1.54, 1.807) is 11.3 Å². The molecule has 3 heterocycles. The first-order chi connectivity index (χ1) is 14.1. The number of aryl methyl sites for hydroxylation is 1. The van der Waals surface area contributed by atoms with E-state index in [4.69, 9.17) is 16.3 Å². The number of aromatic nitrogens is 1. The zero-order chi connectivity index (χ0) is 20.4. The van der Waals surface area contributed by atoms with Gasteiger partial charge in [-0.3, -0.25) is 4.98 Å². The number of nitrogens with zero attached hydrogens (tertiary/aromatic N) is 1. The molecule has 2 unspecified atom stereocenters. The van der Waals surface area contributed by atoms with Gasteiger partial charge >= 0.3 is 0 Å². The molecule has 154 valence electrons. The highest BCUT2D eigenvalue weighted by Gasteiger charge is 2.21. The summed E-state index contributed by atoms with van der Waals surface area (Å²) in [6.07, 6.45) is 5.41. The average molecular weight is 431 g/mol. The monoisotopic (exact) mass is 430 g/mol. The van der Waals surface area contributed by atoms with E-state index in [0.29, 0.717) is 11.4 Å². The van der Waals surface area contributed by atoms with E-state index >= 15 is 0 Å². The van der Waals surface area contributed by atoms with Gasteiger partial charge < -0.3 is 15.2 Å². The molecule has 4 rings (SSSR count). The SMILES string of the molecule is CCC(O)c1cc2nccc(-c3cc(Cl)cc(C)c3OC3CCCNCC3)c2s1. The van der Waals surface area contributed by atoms with Gasteiger partial charge in [0.15, 0.2) is 0 Å². The summed E-state index contributed by atoms with van der Waals surface area (Å²) in [5.41, 5.74) is 4.00. The molecule has 2 aromatic heterocycles. The largest absolute Gasteiger partial charge is 0.489 e. The summed E-state index contributed by atoms with van der Waals surface area (Å²) < 4.78 is 7.63. The van der Waals surface area contributed by atoms with Gasteiger partial charge in [-0.1, -0.05) is 18.5 Å². The highest BCUT2D eigenvalue weighted by Crippen LogP contribution is 2.43. The highest BCUT2D eigenvalue weighted by atomic mass is 35.5. The fourth-order valence-corrected chi connectivity index (χ4v) is 5.38. The fourth-order valence-electron chi connectivity index (χ4n) is 3.89. The Balaban J connectivity index is 1.81. The van der Waals surface area contributed by atoms with Crippen molar-refractivity contribution in [3.05, 3.63) is 45.9 Å². The molecule has 0 radical (unpaired) electrons. The smallest absolute Gasteiger partial charge is 0.130 e. The lowest BCUT2D eigenvalue weighted by molar-refractivity contribution is 0.177. The van der Waals surface area contributed by atoms with Gasteiger partial charge in [-0.25, -0.2) is 0 Å². The first-order valence-electron chi connectivity index (χ1n) is 10.3. The fraction of sp³-hybridized carbons (Fsp3) is 0.435. The summed E-state index contributed by atoms with van der Waals surface area (Å²) in [6, 6.07) is 7.97. The first-order valence-corrected chi connectivity index (χ1v) is 11.5. The van der Waals surface area contributed by atoms with Crippen LogP contribution in [0.15, 0.2) is 30.5 Å². The second kappa shape index (κ2) is 9.00. The zero-order valence-electron chi connectivity index (χ0n) is 16.9. The average Bonchev–Trinajstić information content (AvgIpc) is 2.99. The second-order valence-electron chi connectivity index (χ2n) is 7.67. The van der Waals surface area contributed by atoms with E-state index in [-0.39, 0.29) is 6.10 Å². The summed E-state index contributed by atoms with van der Waals surface area (Å²) >= 11 is 8.05. The maximum atomic E-state index is 10.3. The van der Waals surface area contributed by atoms with Crippen LogP contribution in [-0.4, -0.2) is 29.3 Å². The van der Waals surface area contributed by atoms with Crippen LogP contribution >= 0.6 is 22.9 Å². The number of nitrogens with one attached hydrogen (secondary N) is 1. The van der Waals surface area contributed by atoms with Crippen molar-refractivity contribution in [1.29, 1.82) is 0 Å². The number of pyridine rings is 1. The lowest BCUT2D eigenvalue weighted by atomic mass is 10.0. The molecule has 0 amide bonds. The molecule has 0 bridgehead atoms. The van der Waals surface area contributed by atoms with Crippen LogP contribution in [0.25, 0.3) is 21.3 Å². The molecule has 1 aliphatic rings. The predicted octanol–water partition coefficient (Wildman–Crippen LogP) is 5.89. The van der Waals surface area contributed by atoms with Gasteiger partial charge in [0.05, 0.1) is 16.3 Å². The Labute approximate surface area is 180 Å². The summed E-state index contributed by atoms with van der Waals surface area (Å²) in [6.45, 7) is 6.07. The van der Waals surface area contributed by atoms with Crippen molar-refractivity contribution in [3.63, 3.8) is 0 Å². The summed E-state index contributed by atoms with van der Waals surface area (Å²) in [7, 11) is 0. The molecule has 2 N–H and O–H groups in total. The molecule has 0 aliphatic carbocycles. The molecule has 0 spiro atoms. The van der Waals surface area contributed by atoms with Gasteiger partial charge in [-0.15, -0.1) is 11.3 Å². The number of ether oxygens (including phenoxy) is 1. The van der Waals surface area contributed by atoms with Crippen LogP contribution in [-0.2, 0) is 0 Å². The molecule has 4 nitrogen and oxygen atoms in total. The maximum Gasteiger partial charge on any atom is 0.130 e. The van der Waals surface area contributed by atoms with Crippen molar-refractivity contribution in [2.45, 2.75) is 51.7 Å². The molecule has 29 heavy (non-hydrogen) atoms. The van der Waals surface area contributed by atoms with Crippen LogP contribution < -0.4 is 10.1 Å². The summed E-state index contributed by atoms with van der Waals surface area (Å²) in [5.74, 6) is 0.903. The number of hydrogen-bond donors (Lipinski definition) is 2. The van der Waals surface area contributed by atoms with Crippen molar-refractivity contribution in [2.75, 3.05) is 13.1 Å². The van der Waals surface area contributed by atoms with Crippen LogP contribution in [0.4, 0.5) is 0 Å². The lowest BCUT2D eigenvalue weighted by Crippen LogP contribution is -2.20. The Bertz CT molecular complexity index is 996. The molecular weight excluding hydrogens is 404 g/mol. The van der Waals surface area contributed by atoms with Crippen molar-refractivity contribution in [1.82, 2.24) is 10.3 Å². The van der Waals surface area contributed by atoms with Gasteiger partial charge in [0.25, 0.3) is 0 Å². The van der Waals surface area contributed by atoms with Gasteiger partial charge in [-0.2, -0.15) is 0 Å². The van der Waals surface area contributed by atoms with Gasteiger partial charge in [0.1, 0.15) is 11.9 Å². The Morgan fingerprint density at radius 2 is 2.14 bits per heavy atom. The van der Waals surface area contributed by atoms with E-state index in [1.807, 2.05) is 37.4 Å². The van der Waals surface area contributed by atoms with Crippen LogP contribution in [0.2, 0.25) is 5.02 Å². The van der Waals surface area contributed by atoms with E-state index < -0.39 is 6.10 Å². The molecule has 2 atom stereocenters. The molecule has 1 aromatic carbocycles. The van der Waals surface area contributed by atoms with Crippen molar-refractivity contribution >= 4 is 33.2 Å². The number of hydrogen-bond acceptors (Lipinski definition) is 5. The number of aliphatic hydroxyl groups is 1. The zero-order valence-corrected chi connectivity index (χ0v) is 18.4. The number of rotatable bonds is 5. The molecule has 1 aliphatic heterocycles. The Morgan fingerprint density at radius 3 is 2.97 bits per heavy atom. The molecule has 1 saturated heterocycles. The minimum atomic E-state index is -0.461. The number of aliphatic hydroxyl groups excluding tert-OH is 1. The highest BCUT2D eigenvalue weighted by molar-refractivity contribution is 7.19. The van der Waals surface area contributed by atoms with Gasteiger partial charge in [0.2, 0.25) is 0 Å². The standard InChI is InChI=1S/C23H27ClN2O2S/c1-3-20(27)21-13-19-23(29-21)17(7-10-26-19)18-12-15(24)11-14(2)22(18)28-16-5-4-8-25-9-6-16/h7,10-13,16,20,25,27H,3-6,8-9H2,1-2H3. The lowest BCUT2D eigenvalue weighted by Gasteiger charge is -2.22. The van der Waals surface area contributed by atoms with E-state index in [2.05, 4.69) is 17.2 Å². The van der Waals surface area contributed by atoms with Crippen LogP contribution in [0.5, 0.6) is 5.75 Å². The number of thiophene rings is 1. The molecule has 3 aromatic rings. The number of fused-ring (bicyclic) bond motifs is 1. The van der Waals surface area contributed by atoms with E-state index in [1.165, 1.54) is 0 Å². The Hall–Kier alpha value is -1.66. The molecule has 0 saturated carbocycles. The summed E-state index contributed by atoms with van der Waals surface area (Å²) in [4.78, 5) is 5.47. The Kier molecular flexibility index (Phi) is 6.40. The summed E-state index contributed by atoms with van der Waals surface area (Å²) in [5, 5.41) is 14.5. The normalized spacial score (nSPS) is 18.6. The van der Waals surface area contributed by atoms with Crippen molar-refractivity contribution < 1.29 is 9.84 Å². The molecule has 6 heteroatoms. The third-order valence-electron chi connectivity index (χ3n) is 5.48. The second-order valence-corrected chi connectivity index (χ2v) is 9.19. The van der Waals surface area contributed by atoms with Crippen molar-refractivity contribution in [3.8, 4) is 16.9 Å². The van der Waals surface area contributed by atoms with Crippen molar-refractivity contribution in [2.24, 2.45) is 0 Å².